The van der Waals surface area contributed by atoms with Crippen molar-refractivity contribution in [3.63, 3.8) is 0 Å². The topological polar surface area (TPSA) is 55.9 Å². The van der Waals surface area contributed by atoms with Crippen LogP contribution in [-0.4, -0.2) is 9.78 Å². The van der Waals surface area contributed by atoms with E-state index in [0.717, 1.165) is 10.3 Å². The molecule has 0 aliphatic rings. The van der Waals surface area contributed by atoms with Crippen molar-refractivity contribution < 1.29 is 0 Å². The lowest BCUT2D eigenvalue weighted by Crippen LogP contribution is -2.14. The maximum Gasteiger partial charge on any atom is 0.153 e. The second-order valence-corrected chi connectivity index (χ2v) is 3.38. The number of nitrogens with one attached hydrogen (secondary N) is 1. The molecule has 0 fully saturated rings. The number of nitrogens with zero attached hydrogens (tertiary/aromatic N) is 2. The standard InChI is InChI=1S/C6H11BrN4/c1-4(2)11-6(10-8)5(7)3-9-11/h3-4,10H,8H2,1-2H3. The summed E-state index contributed by atoms with van der Waals surface area (Å²) in [4.78, 5) is 0. The Kier molecular flexibility index (Phi) is 2.51. The smallest absolute Gasteiger partial charge is 0.153 e. The molecular formula is C6H11BrN4. The van der Waals surface area contributed by atoms with Gasteiger partial charge in [-0.1, -0.05) is 0 Å². The predicted molar refractivity (Wildman–Crippen MR) is 48.1 cm³/mol. The van der Waals surface area contributed by atoms with E-state index in [1.165, 1.54) is 0 Å². The van der Waals surface area contributed by atoms with Gasteiger partial charge in [0.15, 0.2) is 5.82 Å². The fraction of sp³-hybridized carbons (Fsp3) is 0.500. The van der Waals surface area contributed by atoms with Crippen LogP contribution in [0, 0.1) is 0 Å². The van der Waals surface area contributed by atoms with Gasteiger partial charge < -0.3 is 5.43 Å². The molecule has 1 aromatic rings. The van der Waals surface area contributed by atoms with Crippen molar-refractivity contribution in [1.29, 1.82) is 0 Å². The third-order valence-corrected chi connectivity index (χ3v) is 1.96. The Morgan fingerprint density at radius 2 is 2.36 bits per heavy atom. The van der Waals surface area contributed by atoms with E-state index in [4.69, 9.17) is 5.84 Å². The lowest BCUT2D eigenvalue weighted by Gasteiger charge is -2.09. The van der Waals surface area contributed by atoms with Gasteiger partial charge in [-0.2, -0.15) is 5.10 Å². The van der Waals surface area contributed by atoms with Crippen LogP contribution in [0.1, 0.15) is 19.9 Å². The van der Waals surface area contributed by atoms with Crippen LogP contribution in [0.3, 0.4) is 0 Å². The Hall–Kier alpha value is -0.550. The van der Waals surface area contributed by atoms with Crippen LogP contribution in [0.15, 0.2) is 10.7 Å². The molecule has 0 aliphatic heterocycles. The van der Waals surface area contributed by atoms with E-state index in [0.29, 0.717) is 6.04 Å². The van der Waals surface area contributed by atoms with Gasteiger partial charge in [0, 0.05) is 6.04 Å². The molecule has 0 amide bonds. The Balaban J connectivity index is 3.05. The van der Waals surface area contributed by atoms with Crippen LogP contribution in [-0.2, 0) is 0 Å². The summed E-state index contributed by atoms with van der Waals surface area (Å²) in [7, 11) is 0. The number of hydrogen-bond donors (Lipinski definition) is 2. The number of nitrogens with two attached hydrogens (primary N) is 1. The third kappa shape index (κ3) is 1.54. The second-order valence-electron chi connectivity index (χ2n) is 2.52. The Morgan fingerprint density at radius 3 is 2.73 bits per heavy atom. The second kappa shape index (κ2) is 3.23. The van der Waals surface area contributed by atoms with E-state index in [-0.39, 0.29) is 0 Å². The number of hydrazine groups is 1. The molecule has 0 bridgehead atoms. The minimum atomic E-state index is 0.312. The fourth-order valence-corrected chi connectivity index (χ4v) is 1.26. The fourth-order valence-electron chi connectivity index (χ4n) is 0.868. The molecular weight excluding hydrogens is 208 g/mol. The van der Waals surface area contributed by atoms with Crippen molar-refractivity contribution in [3.8, 4) is 0 Å². The van der Waals surface area contributed by atoms with Gasteiger partial charge in [-0.3, -0.25) is 0 Å². The van der Waals surface area contributed by atoms with Crippen molar-refractivity contribution in [2.24, 2.45) is 5.84 Å². The number of aromatic nitrogens is 2. The predicted octanol–water partition coefficient (Wildman–Crippen LogP) is 1.51. The highest BCUT2D eigenvalue weighted by Crippen LogP contribution is 2.23. The summed E-state index contributed by atoms with van der Waals surface area (Å²) >= 11 is 3.32. The Morgan fingerprint density at radius 1 is 1.73 bits per heavy atom. The molecule has 0 spiro atoms. The number of rotatable bonds is 2. The number of hydrogen-bond acceptors (Lipinski definition) is 3. The van der Waals surface area contributed by atoms with E-state index in [1.807, 2.05) is 18.5 Å². The molecule has 1 heterocycles. The average Bonchev–Trinajstić information content (AvgIpc) is 2.30. The monoisotopic (exact) mass is 218 g/mol. The first kappa shape index (κ1) is 8.55. The molecule has 1 rings (SSSR count). The molecule has 3 N–H and O–H groups in total. The molecule has 0 atom stereocenters. The van der Waals surface area contributed by atoms with E-state index >= 15 is 0 Å². The zero-order chi connectivity index (χ0) is 8.43. The van der Waals surface area contributed by atoms with Gasteiger partial charge in [0.25, 0.3) is 0 Å². The third-order valence-electron chi connectivity index (χ3n) is 1.38. The lowest BCUT2D eigenvalue weighted by atomic mass is 10.4. The van der Waals surface area contributed by atoms with Gasteiger partial charge in [0.05, 0.1) is 10.7 Å². The van der Waals surface area contributed by atoms with Crippen molar-refractivity contribution in [1.82, 2.24) is 9.78 Å². The molecule has 62 valence electrons. The van der Waals surface area contributed by atoms with Gasteiger partial charge in [-0.25, -0.2) is 10.5 Å². The van der Waals surface area contributed by atoms with Gasteiger partial charge >= 0.3 is 0 Å². The summed E-state index contributed by atoms with van der Waals surface area (Å²) < 4.78 is 2.69. The molecule has 0 aliphatic carbocycles. The minimum absolute atomic E-state index is 0.312. The van der Waals surface area contributed by atoms with E-state index in [9.17, 15) is 0 Å². The summed E-state index contributed by atoms with van der Waals surface area (Å²) in [5.74, 6) is 6.10. The van der Waals surface area contributed by atoms with E-state index in [1.54, 1.807) is 6.20 Å². The van der Waals surface area contributed by atoms with Gasteiger partial charge in [-0.05, 0) is 29.8 Å². The molecule has 11 heavy (non-hydrogen) atoms. The van der Waals surface area contributed by atoms with E-state index < -0.39 is 0 Å². The maximum absolute atomic E-state index is 5.29. The van der Waals surface area contributed by atoms with Crippen LogP contribution in [0.5, 0.6) is 0 Å². The normalized spacial score (nSPS) is 10.6. The summed E-state index contributed by atoms with van der Waals surface area (Å²) in [6.45, 7) is 4.08. The van der Waals surface area contributed by atoms with Crippen LogP contribution < -0.4 is 11.3 Å². The minimum Gasteiger partial charge on any atom is -0.308 e. The molecule has 0 radical (unpaired) electrons. The first-order valence-electron chi connectivity index (χ1n) is 3.36. The highest BCUT2D eigenvalue weighted by Gasteiger charge is 2.08. The highest BCUT2D eigenvalue weighted by atomic mass is 79.9. The first-order valence-corrected chi connectivity index (χ1v) is 4.15. The Labute approximate surface area is 73.9 Å². The zero-order valence-electron chi connectivity index (χ0n) is 6.50. The van der Waals surface area contributed by atoms with Crippen LogP contribution in [0.25, 0.3) is 0 Å². The molecule has 0 aromatic carbocycles. The quantitative estimate of drug-likeness (QED) is 0.585. The average molecular weight is 219 g/mol. The highest BCUT2D eigenvalue weighted by molar-refractivity contribution is 9.10. The molecule has 1 aromatic heterocycles. The summed E-state index contributed by atoms with van der Waals surface area (Å²) in [5.41, 5.74) is 2.58. The van der Waals surface area contributed by atoms with Gasteiger partial charge in [0.1, 0.15) is 0 Å². The number of halogens is 1. The van der Waals surface area contributed by atoms with Crippen molar-refractivity contribution in [3.05, 3.63) is 10.7 Å². The molecule has 0 saturated carbocycles. The first-order chi connectivity index (χ1) is 5.16. The number of nitrogen functional groups attached to an aromatic ring is 1. The van der Waals surface area contributed by atoms with Crippen LogP contribution >= 0.6 is 15.9 Å². The van der Waals surface area contributed by atoms with Crippen LogP contribution in [0.2, 0.25) is 0 Å². The van der Waals surface area contributed by atoms with Gasteiger partial charge in [0.2, 0.25) is 0 Å². The van der Waals surface area contributed by atoms with Crippen LogP contribution in [0.4, 0.5) is 5.82 Å². The molecule has 0 unspecified atom stereocenters. The lowest BCUT2D eigenvalue weighted by molar-refractivity contribution is 0.538. The SMILES string of the molecule is CC(C)n1ncc(Br)c1NN. The van der Waals surface area contributed by atoms with Crippen molar-refractivity contribution in [2.45, 2.75) is 19.9 Å². The molecule has 5 heteroatoms. The maximum atomic E-state index is 5.29. The van der Waals surface area contributed by atoms with Gasteiger partial charge in [-0.15, -0.1) is 0 Å². The Bertz CT molecular complexity index is 243. The zero-order valence-corrected chi connectivity index (χ0v) is 8.09. The molecule has 0 saturated heterocycles. The largest absolute Gasteiger partial charge is 0.308 e. The van der Waals surface area contributed by atoms with Crippen molar-refractivity contribution >= 4 is 21.7 Å². The van der Waals surface area contributed by atoms with Crippen molar-refractivity contribution in [2.75, 3.05) is 5.43 Å². The summed E-state index contributed by atoms with van der Waals surface area (Å²) in [6.07, 6.45) is 1.72. The summed E-state index contributed by atoms with van der Waals surface area (Å²) in [6, 6.07) is 0.312. The number of anilines is 1. The summed E-state index contributed by atoms with van der Waals surface area (Å²) in [5, 5.41) is 4.11. The molecule has 4 nitrogen and oxygen atoms in total. The van der Waals surface area contributed by atoms with E-state index in [2.05, 4.69) is 26.5 Å².